The Labute approximate surface area is 385 Å². The van der Waals surface area contributed by atoms with E-state index < -0.39 is 0 Å². The molecule has 66 heavy (non-hydrogen) atoms. The van der Waals surface area contributed by atoms with Crippen LogP contribution in [0.3, 0.4) is 0 Å². The molecule has 2 heteroatoms. The molecule has 11 aromatic carbocycles. The lowest BCUT2D eigenvalue weighted by molar-refractivity contribution is 1.14. The first-order valence-electron chi connectivity index (χ1n) is 22.7. The fourth-order valence-corrected chi connectivity index (χ4v) is 9.88. The van der Waals surface area contributed by atoms with Crippen LogP contribution in [0.1, 0.15) is 0 Å². The van der Waals surface area contributed by atoms with Crippen LogP contribution in [-0.2, 0) is 0 Å². The Bertz CT molecular complexity index is 3530. The minimum Gasteiger partial charge on any atom is -0.311 e. The Morgan fingerprint density at radius 2 is 0.561 bits per heavy atom. The summed E-state index contributed by atoms with van der Waals surface area (Å²) in [6.07, 6.45) is 0. The number of anilines is 3. The lowest BCUT2D eigenvalue weighted by Crippen LogP contribution is -2.09. The van der Waals surface area contributed by atoms with Crippen LogP contribution in [0.2, 0.25) is 0 Å². The van der Waals surface area contributed by atoms with E-state index >= 15 is 0 Å². The molecule has 0 spiro atoms. The van der Waals surface area contributed by atoms with Crippen molar-refractivity contribution >= 4 is 49.5 Å². The van der Waals surface area contributed by atoms with Crippen molar-refractivity contribution < 1.29 is 0 Å². The maximum atomic E-state index is 2.51. The van der Waals surface area contributed by atoms with E-state index in [0.717, 1.165) is 33.9 Å². The highest BCUT2D eigenvalue weighted by Crippen LogP contribution is 2.49. The summed E-state index contributed by atoms with van der Waals surface area (Å²) in [5, 5.41) is 6.28. The second-order valence-corrected chi connectivity index (χ2v) is 16.9. The van der Waals surface area contributed by atoms with Crippen LogP contribution in [0.15, 0.2) is 267 Å². The molecule has 0 radical (unpaired) electrons. The van der Waals surface area contributed by atoms with Gasteiger partial charge in [-0.15, -0.1) is 0 Å². The van der Waals surface area contributed by atoms with Gasteiger partial charge in [0, 0.05) is 39.1 Å². The van der Waals surface area contributed by atoms with E-state index in [9.17, 15) is 0 Å². The Balaban J connectivity index is 0.970. The van der Waals surface area contributed by atoms with Crippen molar-refractivity contribution in [1.82, 2.24) is 4.57 Å². The molecular formula is C64H44N2. The summed E-state index contributed by atoms with van der Waals surface area (Å²) in [4.78, 5) is 2.34. The maximum Gasteiger partial charge on any atom is 0.0626 e. The SMILES string of the molecule is c1ccc(-c2ccc(N(c3ccc(-c4ccccc4)cc3)c3ccc(-c4ccc(-n5c(-c6ccccc6)c(-c6ccccc6)c6c7ccccc7c7ccccc7c65)cc4)cc3)cc2)cc1. The number of hydrogen-bond acceptors (Lipinski definition) is 1. The largest absolute Gasteiger partial charge is 0.311 e. The third kappa shape index (κ3) is 6.93. The normalized spacial score (nSPS) is 11.3. The van der Waals surface area contributed by atoms with Gasteiger partial charge in [0.05, 0.1) is 11.2 Å². The molecule has 0 atom stereocenters. The predicted octanol–water partition coefficient (Wildman–Crippen LogP) is 17.7. The lowest BCUT2D eigenvalue weighted by atomic mass is 9.92. The van der Waals surface area contributed by atoms with Gasteiger partial charge in [0.15, 0.2) is 0 Å². The quantitative estimate of drug-likeness (QED) is 0.131. The molecule has 2 nitrogen and oxygen atoms in total. The molecule has 1 aromatic heterocycles. The van der Waals surface area contributed by atoms with Crippen LogP contribution >= 0.6 is 0 Å². The molecule has 12 rings (SSSR count). The second-order valence-electron chi connectivity index (χ2n) is 16.9. The second kappa shape index (κ2) is 16.8. The van der Waals surface area contributed by atoms with Crippen molar-refractivity contribution in [2.24, 2.45) is 0 Å². The van der Waals surface area contributed by atoms with E-state index in [4.69, 9.17) is 0 Å². The topological polar surface area (TPSA) is 8.17 Å². The zero-order chi connectivity index (χ0) is 43.8. The van der Waals surface area contributed by atoms with E-state index in [0.29, 0.717) is 0 Å². The highest BCUT2D eigenvalue weighted by atomic mass is 15.1. The van der Waals surface area contributed by atoms with Crippen LogP contribution in [0, 0.1) is 0 Å². The molecule has 1 heterocycles. The highest BCUT2D eigenvalue weighted by molar-refractivity contribution is 6.30. The number of hydrogen-bond donors (Lipinski definition) is 0. The van der Waals surface area contributed by atoms with E-state index in [1.54, 1.807) is 0 Å². The summed E-state index contributed by atoms with van der Waals surface area (Å²) in [6, 6.07) is 96.7. The van der Waals surface area contributed by atoms with Crippen LogP contribution in [0.25, 0.3) is 93.9 Å². The average Bonchev–Trinajstić information content (AvgIpc) is 3.77. The monoisotopic (exact) mass is 840 g/mol. The van der Waals surface area contributed by atoms with Gasteiger partial charge in [-0.2, -0.15) is 0 Å². The van der Waals surface area contributed by atoms with Crippen molar-refractivity contribution in [2.75, 3.05) is 4.90 Å². The van der Waals surface area contributed by atoms with Crippen molar-refractivity contribution in [3.8, 4) is 61.5 Å². The first-order valence-corrected chi connectivity index (χ1v) is 22.7. The molecule has 0 N–H and O–H groups in total. The third-order valence-corrected chi connectivity index (χ3v) is 13.0. The summed E-state index contributed by atoms with van der Waals surface area (Å²) in [6.45, 7) is 0. The van der Waals surface area contributed by atoms with Gasteiger partial charge in [0.25, 0.3) is 0 Å². The molecule has 0 aliphatic rings. The number of nitrogens with zero attached hydrogens (tertiary/aromatic N) is 2. The van der Waals surface area contributed by atoms with Crippen molar-refractivity contribution in [3.05, 3.63) is 267 Å². The molecule has 0 unspecified atom stereocenters. The summed E-state index contributed by atoms with van der Waals surface area (Å²) < 4.78 is 2.51. The highest BCUT2D eigenvalue weighted by Gasteiger charge is 2.25. The summed E-state index contributed by atoms with van der Waals surface area (Å²) >= 11 is 0. The Morgan fingerprint density at radius 1 is 0.242 bits per heavy atom. The maximum absolute atomic E-state index is 2.51. The predicted molar refractivity (Wildman–Crippen MR) is 280 cm³/mol. The fraction of sp³-hybridized carbons (Fsp3) is 0. The number of rotatable bonds is 9. The van der Waals surface area contributed by atoms with Crippen molar-refractivity contribution in [2.45, 2.75) is 0 Å². The summed E-state index contributed by atoms with van der Waals surface area (Å²) in [5.41, 5.74) is 17.5. The number of benzene rings is 11. The van der Waals surface area contributed by atoms with Gasteiger partial charge in [-0.3, -0.25) is 0 Å². The van der Waals surface area contributed by atoms with E-state index in [1.807, 2.05) is 0 Å². The minimum absolute atomic E-state index is 1.09. The molecule has 310 valence electrons. The summed E-state index contributed by atoms with van der Waals surface area (Å²) in [7, 11) is 0. The van der Waals surface area contributed by atoms with E-state index in [2.05, 4.69) is 276 Å². The van der Waals surface area contributed by atoms with Gasteiger partial charge < -0.3 is 9.47 Å². The smallest absolute Gasteiger partial charge is 0.0626 e. The molecule has 0 aliphatic heterocycles. The molecule has 0 saturated heterocycles. The first-order chi connectivity index (χ1) is 32.8. The number of fused-ring (bicyclic) bond motifs is 6. The zero-order valence-corrected chi connectivity index (χ0v) is 36.3. The average molecular weight is 841 g/mol. The summed E-state index contributed by atoms with van der Waals surface area (Å²) in [5.74, 6) is 0. The van der Waals surface area contributed by atoms with Crippen LogP contribution in [0.5, 0.6) is 0 Å². The molecule has 0 aliphatic carbocycles. The Kier molecular flexibility index (Phi) is 9.89. The fourth-order valence-electron chi connectivity index (χ4n) is 9.88. The van der Waals surface area contributed by atoms with E-state index in [-0.39, 0.29) is 0 Å². The van der Waals surface area contributed by atoms with Gasteiger partial charge in [-0.1, -0.05) is 218 Å². The first kappa shape index (κ1) is 38.9. The van der Waals surface area contributed by atoms with Gasteiger partial charge in [-0.05, 0) is 109 Å². The van der Waals surface area contributed by atoms with Crippen LogP contribution in [-0.4, -0.2) is 4.57 Å². The molecular weight excluding hydrogens is 797 g/mol. The third-order valence-electron chi connectivity index (χ3n) is 13.0. The Morgan fingerprint density at radius 3 is 1.00 bits per heavy atom. The van der Waals surface area contributed by atoms with Crippen LogP contribution in [0.4, 0.5) is 17.1 Å². The van der Waals surface area contributed by atoms with E-state index in [1.165, 1.54) is 77.1 Å². The van der Waals surface area contributed by atoms with Gasteiger partial charge in [0.2, 0.25) is 0 Å². The zero-order valence-electron chi connectivity index (χ0n) is 36.3. The van der Waals surface area contributed by atoms with Gasteiger partial charge >= 0.3 is 0 Å². The number of aromatic nitrogens is 1. The van der Waals surface area contributed by atoms with Crippen molar-refractivity contribution in [3.63, 3.8) is 0 Å². The minimum atomic E-state index is 1.09. The standard InChI is InChI=1S/C64H44N2/c1-5-17-45(18-6-1)47-29-37-53(38-30-47)65(54-39-31-48(32-40-54)46-19-7-2-8-20-46)55-41-33-49(34-42-55)50-35-43-56(44-36-50)66-63(52-23-11-4-12-24-52)61(51-21-9-3-10-22-51)62-59-27-15-13-25-57(59)58-26-14-16-28-60(58)64(62)66/h1-44H. The molecule has 0 bridgehead atoms. The molecule has 12 aromatic rings. The van der Waals surface area contributed by atoms with Gasteiger partial charge in [0.1, 0.15) is 0 Å². The Hall–Kier alpha value is -8.72. The molecule has 0 amide bonds. The van der Waals surface area contributed by atoms with Crippen molar-refractivity contribution in [1.29, 1.82) is 0 Å². The lowest BCUT2D eigenvalue weighted by Gasteiger charge is -2.26. The van der Waals surface area contributed by atoms with Gasteiger partial charge in [-0.25, -0.2) is 0 Å². The molecule has 0 fully saturated rings. The molecule has 0 saturated carbocycles. The van der Waals surface area contributed by atoms with Crippen LogP contribution < -0.4 is 4.90 Å².